The maximum absolute atomic E-state index is 18.0. The lowest BCUT2D eigenvalue weighted by Crippen LogP contribution is -2.57. The summed E-state index contributed by atoms with van der Waals surface area (Å²) in [7, 11) is -0.551. The molecule has 1 aliphatic carbocycles. The lowest BCUT2D eigenvalue weighted by atomic mass is 9.88. The summed E-state index contributed by atoms with van der Waals surface area (Å²) in [6.07, 6.45) is 7.45. The van der Waals surface area contributed by atoms with Gasteiger partial charge in [0.05, 0.1) is 23.0 Å². The largest absolute Gasteiger partial charge is 0.468 e. The summed E-state index contributed by atoms with van der Waals surface area (Å²) < 4.78 is 41.9. The highest BCUT2D eigenvalue weighted by Crippen LogP contribution is 2.61. The van der Waals surface area contributed by atoms with Gasteiger partial charge in [0.1, 0.15) is 43.1 Å². The first-order valence-corrected chi connectivity index (χ1v) is 26.0. The Morgan fingerprint density at radius 2 is 1.72 bits per heavy atom. The molecule has 5 aliphatic rings. The number of methoxy groups -OCH3 is 1. The summed E-state index contributed by atoms with van der Waals surface area (Å²) in [5.41, 5.74) is 7.61. The van der Waals surface area contributed by atoms with E-state index in [1.54, 1.807) is 13.3 Å². The van der Waals surface area contributed by atoms with Gasteiger partial charge in [-0.3, -0.25) is 14.8 Å². The summed E-state index contributed by atoms with van der Waals surface area (Å²) in [6, 6.07) is 9.76. The van der Waals surface area contributed by atoms with Crippen molar-refractivity contribution in [2.75, 3.05) is 51.6 Å². The molecule has 0 radical (unpaired) electrons. The number of rotatable bonds is 11. The first-order valence-electron chi connectivity index (χ1n) is 23.7. The predicted octanol–water partition coefficient (Wildman–Crippen LogP) is 10.7. The molecule has 1 amide bonds. The number of anilines is 1. The first kappa shape index (κ1) is 45.4. The highest BCUT2D eigenvalue weighted by molar-refractivity contribution is 6.90. The number of carbonyl (C=O) groups is 1. The van der Waals surface area contributed by atoms with Gasteiger partial charge in [-0.15, -0.1) is 5.54 Å². The van der Waals surface area contributed by atoms with E-state index in [1.807, 2.05) is 56.0 Å². The van der Waals surface area contributed by atoms with Crippen molar-refractivity contribution in [1.29, 1.82) is 0 Å². The number of pyridine rings is 1. The molecule has 9 rings (SSSR count). The van der Waals surface area contributed by atoms with Gasteiger partial charge in [-0.25, -0.2) is 9.18 Å². The van der Waals surface area contributed by atoms with Gasteiger partial charge < -0.3 is 23.8 Å². The molecule has 3 atom stereocenters. The second-order valence-corrected chi connectivity index (χ2v) is 27.3. The van der Waals surface area contributed by atoms with Crippen molar-refractivity contribution >= 4 is 41.7 Å². The summed E-state index contributed by atoms with van der Waals surface area (Å²) in [5.74, 6) is 4.16. The Kier molecular flexibility index (Phi) is 11.8. The van der Waals surface area contributed by atoms with Gasteiger partial charge in [0, 0.05) is 56.0 Å². The number of halogens is 1. The lowest BCUT2D eigenvalue weighted by Gasteiger charge is -2.42. The Balaban J connectivity index is 1.18. The zero-order valence-electron chi connectivity index (χ0n) is 40.1. The van der Waals surface area contributed by atoms with Crippen LogP contribution in [0.25, 0.3) is 32.9 Å². The van der Waals surface area contributed by atoms with E-state index in [1.165, 1.54) is 18.4 Å². The van der Waals surface area contributed by atoms with E-state index >= 15 is 4.39 Å². The van der Waals surface area contributed by atoms with Gasteiger partial charge in [-0.05, 0) is 105 Å². The van der Waals surface area contributed by atoms with E-state index in [0.29, 0.717) is 64.3 Å². The van der Waals surface area contributed by atoms with Gasteiger partial charge in [-0.1, -0.05) is 71.7 Å². The molecule has 2 bridgehead atoms. The third kappa shape index (κ3) is 8.26. The van der Waals surface area contributed by atoms with Crippen LogP contribution in [0.15, 0.2) is 48.7 Å². The normalized spacial score (nSPS) is 22.7. The van der Waals surface area contributed by atoms with Crippen LogP contribution in [-0.2, 0) is 9.47 Å². The van der Waals surface area contributed by atoms with Gasteiger partial charge >= 0.3 is 12.1 Å². The minimum atomic E-state index is -2.13. The number of hydrogen-bond acceptors (Lipinski definition) is 10. The molecule has 4 saturated heterocycles. The van der Waals surface area contributed by atoms with Gasteiger partial charge in [0.15, 0.2) is 12.6 Å². The molecule has 11 nitrogen and oxygen atoms in total. The second-order valence-electron chi connectivity index (χ2n) is 21.7. The Labute approximate surface area is 385 Å². The molecule has 2 aromatic carbocycles. The van der Waals surface area contributed by atoms with Crippen molar-refractivity contribution in [2.45, 2.75) is 141 Å². The summed E-state index contributed by atoms with van der Waals surface area (Å²) in [4.78, 5) is 35.1. The standard InChI is InChI=1S/C52H67FN6O5Si/c1-32(2)65(33(3)4,34(5)6)20-17-36-13-12-14-37-21-40(63-31-61-11)22-41(43(36)37)45-44(53)46-42(24-54-45)47(57-26-38-15-16-39(27-57)59(38)49(60)64-50(8,9)10)56-48(55-46)62-30-52-23-35(7)25-58(52)29-51(28-52)18-19-51/h12-14,21-22,24,32-34,38-39H,7,15-16,18-19,23,25-31H2,1-6,8-11H3. The zero-order chi connectivity index (χ0) is 46.2. The van der Waals surface area contributed by atoms with Gasteiger partial charge in [0.25, 0.3) is 0 Å². The number of benzene rings is 2. The number of amides is 1. The Morgan fingerprint density at radius 1 is 1.02 bits per heavy atom. The Hall–Kier alpha value is -4.77. The van der Waals surface area contributed by atoms with Crippen LogP contribution in [0.5, 0.6) is 11.8 Å². The van der Waals surface area contributed by atoms with E-state index < -0.39 is 19.5 Å². The fourth-order valence-electron chi connectivity index (χ4n) is 12.2. The molecule has 1 saturated carbocycles. The second kappa shape index (κ2) is 16.8. The number of piperazine rings is 1. The van der Waals surface area contributed by atoms with Crippen molar-refractivity contribution in [3.63, 3.8) is 0 Å². The third-order valence-electron chi connectivity index (χ3n) is 15.2. The molecule has 5 fully saturated rings. The average molecular weight is 903 g/mol. The van der Waals surface area contributed by atoms with Crippen molar-refractivity contribution in [3.05, 3.63) is 60.1 Å². The van der Waals surface area contributed by atoms with E-state index in [0.717, 1.165) is 55.1 Å². The smallest absolute Gasteiger partial charge is 0.410 e. The van der Waals surface area contributed by atoms with Crippen LogP contribution in [-0.4, -0.2) is 109 Å². The molecule has 0 N–H and O–H groups in total. The summed E-state index contributed by atoms with van der Waals surface area (Å²) in [5, 5.41) is 2.13. The van der Waals surface area contributed by atoms with Crippen LogP contribution in [0.3, 0.4) is 0 Å². The predicted molar refractivity (Wildman–Crippen MR) is 258 cm³/mol. The van der Waals surface area contributed by atoms with Crippen molar-refractivity contribution < 1.29 is 28.1 Å². The molecule has 65 heavy (non-hydrogen) atoms. The van der Waals surface area contributed by atoms with Gasteiger partial charge in [0.2, 0.25) is 0 Å². The minimum Gasteiger partial charge on any atom is -0.468 e. The van der Waals surface area contributed by atoms with E-state index in [-0.39, 0.29) is 47.7 Å². The fourth-order valence-corrected chi connectivity index (χ4v) is 17.5. The molecule has 13 heteroatoms. The first-order chi connectivity index (χ1) is 30.9. The van der Waals surface area contributed by atoms with E-state index in [9.17, 15) is 4.79 Å². The number of carbonyl (C=O) groups excluding carboxylic acids is 1. The molecule has 6 heterocycles. The number of aromatic nitrogens is 3. The average Bonchev–Trinajstić information content (AvgIpc) is 3.73. The van der Waals surface area contributed by atoms with E-state index in [2.05, 4.69) is 69.4 Å². The molecule has 1 spiro atoms. The molecule has 346 valence electrons. The molecule has 2 aromatic heterocycles. The monoisotopic (exact) mass is 902 g/mol. The number of fused-ring (bicyclic) bond motifs is 5. The van der Waals surface area contributed by atoms with Crippen LogP contribution in [0.4, 0.5) is 15.0 Å². The minimum absolute atomic E-state index is 0.0250. The van der Waals surface area contributed by atoms with Gasteiger partial charge in [-0.2, -0.15) is 9.97 Å². The SMILES string of the molecule is C=C1CN2CC3(CC3)CC2(COc2nc(N3CC4CCC(C3)N4C(=O)OC(C)(C)C)c3cnc(-c4cc(OCOC)cc5cccc(C#C[Si](C(C)C)(C(C)C)C(C)C)c45)c(F)c3n2)C1. The fraction of sp³-hybridized carbons (Fsp3) is 0.577. The van der Waals surface area contributed by atoms with Crippen LogP contribution in [0.1, 0.15) is 106 Å². The molecule has 3 unspecified atom stereocenters. The Bertz CT molecular complexity index is 2560. The van der Waals surface area contributed by atoms with E-state index in [4.69, 9.17) is 33.9 Å². The number of nitrogens with zero attached hydrogens (tertiary/aromatic N) is 6. The molecule has 4 aromatic rings. The van der Waals surface area contributed by atoms with Crippen molar-refractivity contribution in [3.8, 4) is 34.5 Å². The summed E-state index contributed by atoms with van der Waals surface area (Å²) >= 11 is 0. The van der Waals surface area contributed by atoms with Crippen LogP contribution < -0.4 is 14.4 Å². The highest BCUT2D eigenvalue weighted by atomic mass is 28.3. The van der Waals surface area contributed by atoms with Crippen LogP contribution in [0.2, 0.25) is 16.6 Å². The topological polar surface area (TPSA) is 102 Å². The quantitative estimate of drug-likeness (QED) is 0.0626. The van der Waals surface area contributed by atoms with Crippen LogP contribution >= 0.6 is 0 Å². The highest BCUT2D eigenvalue weighted by Gasteiger charge is 2.61. The molecular weight excluding hydrogens is 836 g/mol. The van der Waals surface area contributed by atoms with Crippen molar-refractivity contribution in [1.82, 2.24) is 24.8 Å². The molecular formula is C52H67FN6O5Si. The maximum atomic E-state index is 18.0. The lowest BCUT2D eigenvalue weighted by molar-refractivity contribution is 0.0122. The third-order valence-corrected chi connectivity index (χ3v) is 21.5. The zero-order valence-corrected chi connectivity index (χ0v) is 41.1. The molecule has 4 aliphatic heterocycles. The van der Waals surface area contributed by atoms with Crippen LogP contribution in [0, 0.1) is 22.7 Å². The number of ether oxygens (including phenoxy) is 4. The maximum Gasteiger partial charge on any atom is 0.410 e. The van der Waals surface area contributed by atoms with Crippen molar-refractivity contribution in [2.24, 2.45) is 5.41 Å². The summed E-state index contributed by atoms with van der Waals surface area (Å²) in [6.45, 7) is 27.2. The number of hydrogen-bond donors (Lipinski definition) is 0. The Morgan fingerprint density at radius 3 is 2.37 bits per heavy atom.